The lowest BCUT2D eigenvalue weighted by Crippen LogP contribution is -2.51. The Labute approximate surface area is 379 Å². The number of amides is 3. The number of β-amino-alcohol motifs (C(OH)–C–C–N with tert-alkyl or cyclic N) is 1. The number of benzene rings is 2. The Kier molecular flexibility index (Phi) is 11.2. The Morgan fingerprint density at radius 1 is 0.969 bits per heavy atom. The zero-order chi connectivity index (χ0) is 44.4. The standard InChI is InChI=1S/C48H52N8O6S2/c1-25(2)36(48(61)56-23-33(57)17-40(56)45(59)50-26(3)28-9-11-29(12-10-28)44-27(4)49-24-63-44)18-34-19-43(53-62-34)54-21-32-16-31(54)22-55(32)47(60)30-13-14-42-37(15-30)38-20-39(51-52-46(38)64-42)35-7-5-6-8-41(35)58/h5-12,19-20,24-26,30-33,36,40,57-58H,13-18,21-23H2,1-4H3,(H,50,59)/t26-,30-,31+,32+,33+,36-,40-/m0/s1. The van der Waals surface area contributed by atoms with Crippen LogP contribution >= 0.6 is 22.7 Å². The molecule has 3 amide bonds. The average Bonchev–Trinajstić information content (AvgIpc) is 4.17. The number of aromatic nitrogens is 4. The molecule has 16 heteroatoms. The molecule has 1 aliphatic carbocycles. The third-order valence-corrected chi connectivity index (χ3v) is 16.1. The molecule has 0 unspecified atom stereocenters. The van der Waals surface area contributed by atoms with E-state index < -0.39 is 18.1 Å². The second-order valence-electron chi connectivity index (χ2n) is 18.3. The van der Waals surface area contributed by atoms with Crippen LogP contribution < -0.4 is 10.2 Å². The summed E-state index contributed by atoms with van der Waals surface area (Å²) in [6.07, 6.45) is 2.81. The van der Waals surface area contributed by atoms with Gasteiger partial charge in [0.15, 0.2) is 5.82 Å². The number of hydrogen-bond donors (Lipinski definition) is 3. The second-order valence-corrected chi connectivity index (χ2v) is 20.3. The summed E-state index contributed by atoms with van der Waals surface area (Å²) < 4.78 is 5.89. The van der Waals surface area contributed by atoms with Gasteiger partial charge in [0.2, 0.25) is 17.7 Å². The van der Waals surface area contributed by atoms with Gasteiger partial charge in [0.05, 0.1) is 46.0 Å². The van der Waals surface area contributed by atoms with E-state index in [0.29, 0.717) is 48.8 Å². The fourth-order valence-corrected chi connectivity index (χ4v) is 12.3. The summed E-state index contributed by atoms with van der Waals surface area (Å²) in [7, 11) is 0. The molecule has 3 N–H and O–H groups in total. The number of nitrogens with zero attached hydrogens (tertiary/aromatic N) is 7. The minimum absolute atomic E-state index is 0.0698. The predicted octanol–water partition coefficient (Wildman–Crippen LogP) is 6.73. The van der Waals surface area contributed by atoms with Crippen molar-refractivity contribution in [3.05, 3.63) is 93.6 Å². The molecule has 2 aromatic carbocycles. The summed E-state index contributed by atoms with van der Waals surface area (Å²) in [6, 6.07) is 18.2. The molecule has 4 aliphatic rings. The van der Waals surface area contributed by atoms with Gasteiger partial charge in [-0.1, -0.05) is 55.4 Å². The van der Waals surface area contributed by atoms with Gasteiger partial charge in [-0.25, -0.2) is 4.98 Å². The minimum Gasteiger partial charge on any atom is -0.507 e. The number of para-hydroxylation sites is 1. The van der Waals surface area contributed by atoms with E-state index in [0.717, 1.165) is 51.2 Å². The largest absolute Gasteiger partial charge is 0.507 e. The van der Waals surface area contributed by atoms with Crippen molar-refractivity contribution in [2.24, 2.45) is 17.8 Å². The highest BCUT2D eigenvalue weighted by Crippen LogP contribution is 2.42. The highest BCUT2D eigenvalue weighted by atomic mass is 32.1. The van der Waals surface area contributed by atoms with Crippen molar-refractivity contribution in [3.8, 4) is 27.4 Å². The van der Waals surface area contributed by atoms with E-state index in [1.807, 2.05) is 81.7 Å². The molecule has 7 atom stereocenters. The van der Waals surface area contributed by atoms with Crippen molar-refractivity contribution in [1.82, 2.24) is 35.5 Å². The van der Waals surface area contributed by atoms with Crippen LogP contribution in [0.3, 0.4) is 0 Å². The van der Waals surface area contributed by atoms with E-state index in [9.17, 15) is 24.6 Å². The van der Waals surface area contributed by atoms with E-state index in [4.69, 9.17) is 4.52 Å². The maximum Gasteiger partial charge on any atom is 0.243 e. The second kappa shape index (κ2) is 17.0. The Bertz CT molecular complexity index is 2730. The molecular weight excluding hydrogens is 849 g/mol. The first kappa shape index (κ1) is 42.3. The van der Waals surface area contributed by atoms with Gasteiger partial charge in [0.1, 0.15) is 22.4 Å². The molecule has 3 aliphatic heterocycles. The number of likely N-dealkylation sites (tertiary alicyclic amines) is 2. The van der Waals surface area contributed by atoms with Crippen LogP contribution in [0.2, 0.25) is 0 Å². The van der Waals surface area contributed by atoms with Gasteiger partial charge < -0.3 is 34.8 Å². The number of carbonyl (C=O) groups excluding carboxylic acids is 3. The van der Waals surface area contributed by atoms with Gasteiger partial charge >= 0.3 is 0 Å². The molecule has 0 saturated carbocycles. The molecule has 10 rings (SSSR count). The maximum atomic E-state index is 14.3. The molecule has 0 spiro atoms. The number of nitrogens with one attached hydrogen (secondary N) is 1. The summed E-state index contributed by atoms with van der Waals surface area (Å²) in [6.45, 7) is 9.25. The van der Waals surface area contributed by atoms with Crippen LogP contribution in [0.15, 0.2) is 70.7 Å². The lowest BCUT2D eigenvalue weighted by molar-refractivity contribution is -0.143. The fourth-order valence-electron chi connectivity index (χ4n) is 10.3. The first-order valence-corrected chi connectivity index (χ1v) is 24.0. The number of aliphatic hydroxyl groups excluding tert-OH is 1. The first-order chi connectivity index (χ1) is 30.9. The zero-order valence-electron chi connectivity index (χ0n) is 36.3. The molecular formula is C48H52N8O6S2. The lowest BCUT2D eigenvalue weighted by Gasteiger charge is -2.36. The number of thiazole rings is 1. The Morgan fingerprint density at radius 2 is 1.78 bits per heavy atom. The zero-order valence-corrected chi connectivity index (χ0v) is 37.9. The number of thiophene rings is 1. The van der Waals surface area contributed by atoms with Gasteiger partial charge in [-0.05, 0) is 80.3 Å². The first-order valence-electron chi connectivity index (χ1n) is 22.3. The fraction of sp³-hybridized carbons (Fsp3) is 0.438. The number of hydrogen-bond acceptors (Lipinski definition) is 13. The topological polar surface area (TPSA) is 178 Å². The maximum absolute atomic E-state index is 14.3. The van der Waals surface area contributed by atoms with Crippen LogP contribution in [0.1, 0.15) is 73.5 Å². The molecule has 3 saturated heterocycles. The van der Waals surface area contributed by atoms with Gasteiger partial charge in [-0.2, -0.15) is 0 Å². The molecule has 7 heterocycles. The molecule has 0 radical (unpaired) electrons. The van der Waals surface area contributed by atoms with Crippen molar-refractivity contribution in [3.63, 3.8) is 0 Å². The van der Waals surface area contributed by atoms with Crippen LogP contribution in [0.25, 0.3) is 31.9 Å². The van der Waals surface area contributed by atoms with Crippen molar-refractivity contribution in [1.29, 1.82) is 0 Å². The summed E-state index contributed by atoms with van der Waals surface area (Å²) in [5, 5.41) is 38.7. The van der Waals surface area contributed by atoms with Crippen molar-refractivity contribution in [2.45, 2.75) is 96.5 Å². The van der Waals surface area contributed by atoms with Crippen LogP contribution in [-0.2, 0) is 33.6 Å². The number of fused-ring (bicyclic) bond motifs is 5. The van der Waals surface area contributed by atoms with E-state index in [1.165, 1.54) is 10.4 Å². The van der Waals surface area contributed by atoms with Crippen molar-refractivity contribution in [2.75, 3.05) is 24.5 Å². The smallest absolute Gasteiger partial charge is 0.243 e. The monoisotopic (exact) mass is 900 g/mol. The molecule has 6 aromatic rings. The summed E-state index contributed by atoms with van der Waals surface area (Å²) in [4.78, 5) is 55.7. The molecule has 2 bridgehead atoms. The number of carbonyl (C=O) groups is 3. The Morgan fingerprint density at radius 3 is 2.52 bits per heavy atom. The number of aryl methyl sites for hydroxylation is 2. The van der Waals surface area contributed by atoms with Crippen LogP contribution in [0, 0.1) is 24.7 Å². The molecule has 14 nitrogen and oxygen atoms in total. The van der Waals surface area contributed by atoms with Crippen LogP contribution in [-0.4, -0.2) is 102 Å². The molecule has 3 fully saturated rings. The van der Waals surface area contributed by atoms with E-state index in [2.05, 4.69) is 35.5 Å². The number of rotatable bonds is 11. The van der Waals surface area contributed by atoms with Crippen LogP contribution in [0.5, 0.6) is 5.75 Å². The van der Waals surface area contributed by atoms with Gasteiger partial charge in [0, 0.05) is 66.2 Å². The van der Waals surface area contributed by atoms with E-state index >= 15 is 0 Å². The lowest BCUT2D eigenvalue weighted by atomic mass is 9.86. The summed E-state index contributed by atoms with van der Waals surface area (Å²) in [5.74, 6) is 0.482. The predicted molar refractivity (Wildman–Crippen MR) is 245 cm³/mol. The van der Waals surface area contributed by atoms with Gasteiger partial charge in [0.25, 0.3) is 0 Å². The summed E-state index contributed by atoms with van der Waals surface area (Å²) >= 11 is 3.24. The highest BCUT2D eigenvalue weighted by Gasteiger charge is 2.48. The van der Waals surface area contributed by atoms with E-state index in [-0.39, 0.29) is 66.4 Å². The average molecular weight is 901 g/mol. The quantitative estimate of drug-likeness (QED) is 0.126. The number of anilines is 1. The number of aliphatic hydroxyl groups is 1. The third kappa shape index (κ3) is 7.83. The molecule has 64 heavy (non-hydrogen) atoms. The molecule has 332 valence electrons. The van der Waals surface area contributed by atoms with Crippen LogP contribution in [0.4, 0.5) is 5.82 Å². The number of phenols is 1. The highest BCUT2D eigenvalue weighted by molar-refractivity contribution is 7.18. The molecule has 4 aromatic heterocycles. The van der Waals surface area contributed by atoms with Crippen molar-refractivity contribution < 1.29 is 29.1 Å². The van der Waals surface area contributed by atoms with E-state index in [1.54, 1.807) is 39.7 Å². The van der Waals surface area contributed by atoms with Gasteiger partial charge in [-0.15, -0.1) is 32.9 Å². The number of phenolic OH excluding ortho intramolecular Hbond substituents is 1. The van der Waals surface area contributed by atoms with Crippen molar-refractivity contribution >= 4 is 56.4 Å². The normalized spacial score (nSPS) is 22.7. The summed E-state index contributed by atoms with van der Waals surface area (Å²) in [5.41, 5.74) is 7.25. The minimum atomic E-state index is -0.802. The Hall–Kier alpha value is -5.71. The SMILES string of the molecule is Cc1ncsc1-c1ccc([C@H](C)NC(=O)[C@@H]2C[C@@H](O)CN2C(=O)[C@@H](Cc2cc(N3C[C@H]4C[C@@H]3CN4C(=O)[C@H]3CCc4sc5nnc(-c6ccccc6O)cc5c4C3)no2)C(C)C)cc1. The third-order valence-electron chi connectivity index (χ3n) is 13.9. The Balaban J connectivity index is 0.762. The number of piperazine rings is 1. The van der Waals surface area contributed by atoms with Gasteiger partial charge in [-0.3, -0.25) is 14.4 Å². The number of aromatic hydroxyl groups is 1.